The number of ether oxygens (including phenoxy) is 2. The van der Waals surface area contributed by atoms with Crippen molar-refractivity contribution >= 4 is 28.8 Å². The van der Waals surface area contributed by atoms with Crippen LogP contribution < -0.4 is 15.0 Å². The number of hydrogen-bond acceptors (Lipinski definition) is 9. The number of fused-ring (bicyclic) bond motifs is 2. The maximum Gasteiger partial charge on any atom is 0.408 e. The molecule has 5 heterocycles. The van der Waals surface area contributed by atoms with Gasteiger partial charge in [0.05, 0.1) is 47.5 Å². The summed E-state index contributed by atoms with van der Waals surface area (Å²) < 4.78 is 14.9. The van der Waals surface area contributed by atoms with Crippen LogP contribution in [0.25, 0.3) is 16.8 Å². The standard InChI is InChI=1S/C28H36N8O3S/c1-16-21(18-15-30-34(6)17(18)2)36-20(8-11-29-36)24(31-16)35-12-9-28(10-13-35)14-19-22(40-26(32-19)38-7)23(28)33-25(37)39-27(3,4)5/h8,11,15,23H,9-10,12-14H2,1-7H3,(H,33,37)/t23-/m1/s1. The Morgan fingerprint density at radius 2 is 1.93 bits per heavy atom. The van der Waals surface area contributed by atoms with E-state index in [9.17, 15) is 4.79 Å². The predicted octanol–water partition coefficient (Wildman–Crippen LogP) is 4.62. The first-order valence-electron chi connectivity index (χ1n) is 13.6. The summed E-state index contributed by atoms with van der Waals surface area (Å²) in [5.41, 5.74) is 5.23. The number of anilines is 1. The van der Waals surface area contributed by atoms with Gasteiger partial charge < -0.3 is 19.7 Å². The van der Waals surface area contributed by atoms with Crippen LogP contribution in [0.5, 0.6) is 5.19 Å². The van der Waals surface area contributed by atoms with E-state index in [2.05, 4.69) is 27.3 Å². The van der Waals surface area contributed by atoms with Crippen LogP contribution in [0, 0.1) is 19.3 Å². The topological polar surface area (TPSA) is 112 Å². The number of thiazole rings is 1. The van der Waals surface area contributed by atoms with Gasteiger partial charge in [-0.2, -0.15) is 10.2 Å². The number of aromatic nitrogens is 6. The van der Waals surface area contributed by atoms with E-state index >= 15 is 0 Å². The summed E-state index contributed by atoms with van der Waals surface area (Å²) in [6.45, 7) is 11.3. The molecule has 0 saturated carbocycles. The molecule has 0 unspecified atom stereocenters. The molecular weight excluding hydrogens is 528 g/mol. The first kappa shape index (κ1) is 26.5. The largest absolute Gasteiger partial charge is 0.473 e. The fourth-order valence-corrected chi connectivity index (χ4v) is 7.20. The van der Waals surface area contributed by atoms with Gasteiger partial charge in [-0.25, -0.2) is 19.3 Å². The molecule has 4 aromatic rings. The zero-order valence-corrected chi connectivity index (χ0v) is 24.9. The number of amides is 1. The van der Waals surface area contributed by atoms with Gasteiger partial charge >= 0.3 is 6.09 Å². The lowest BCUT2D eigenvalue weighted by Gasteiger charge is -2.43. The Kier molecular flexibility index (Phi) is 6.28. The molecule has 1 aliphatic carbocycles. The summed E-state index contributed by atoms with van der Waals surface area (Å²) in [7, 11) is 3.57. The van der Waals surface area contributed by atoms with Crippen LogP contribution in [0.2, 0.25) is 0 Å². The Hall–Kier alpha value is -3.67. The minimum Gasteiger partial charge on any atom is -0.473 e. The Labute approximate surface area is 237 Å². The average Bonchev–Trinajstić information content (AvgIpc) is 3.65. The van der Waals surface area contributed by atoms with Crippen molar-refractivity contribution in [3.8, 4) is 16.5 Å². The van der Waals surface area contributed by atoms with Gasteiger partial charge in [-0.3, -0.25) is 4.68 Å². The Morgan fingerprint density at radius 1 is 1.18 bits per heavy atom. The van der Waals surface area contributed by atoms with Crippen LogP contribution in [0.15, 0.2) is 18.5 Å². The van der Waals surface area contributed by atoms with Gasteiger partial charge in [0.1, 0.15) is 11.1 Å². The van der Waals surface area contributed by atoms with E-state index in [1.54, 1.807) is 7.11 Å². The van der Waals surface area contributed by atoms with Crippen molar-refractivity contribution in [2.45, 2.75) is 65.5 Å². The van der Waals surface area contributed by atoms with Crippen LogP contribution in [-0.4, -0.2) is 61.3 Å². The highest BCUT2D eigenvalue weighted by Crippen LogP contribution is 2.55. The summed E-state index contributed by atoms with van der Waals surface area (Å²) in [5.74, 6) is 0.930. The van der Waals surface area contributed by atoms with Crippen molar-refractivity contribution in [2.24, 2.45) is 12.5 Å². The van der Waals surface area contributed by atoms with Gasteiger partial charge in [-0.05, 0) is 59.9 Å². The lowest BCUT2D eigenvalue weighted by atomic mass is 9.73. The van der Waals surface area contributed by atoms with Gasteiger partial charge in [-0.1, -0.05) is 11.3 Å². The Balaban J connectivity index is 1.29. The molecule has 212 valence electrons. The van der Waals surface area contributed by atoms with Crippen molar-refractivity contribution < 1.29 is 14.3 Å². The number of nitrogens with zero attached hydrogens (tertiary/aromatic N) is 7. The van der Waals surface area contributed by atoms with Crippen molar-refractivity contribution in [2.75, 3.05) is 25.1 Å². The molecule has 0 aromatic carbocycles. The minimum atomic E-state index is -0.575. The smallest absolute Gasteiger partial charge is 0.408 e. The molecule has 2 aliphatic rings. The lowest BCUT2D eigenvalue weighted by Crippen LogP contribution is -2.48. The van der Waals surface area contributed by atoms with Crippen LogP contribution in [0.4, 0.5) is 10.6 Å². The van der Waals surface area contributed by atoms with E-state index in [-0.39, 0.29) is 11.5 Å². The molecule has 0 bridgehead atoms. The fourth-order valence-electron chi connectivity index (χ4n) is 6.11. The molecular formula is C28H36N8O3S. The fraction of sp³-hybridized carbons (Fsp3) is 0.536. The second-order valence-electron chi connectivity index (χ2n) is 11.9. The maximum atomic E-state index is 12.9. The van der Waals surface area contributed by atoms with Crippen molar-refractivity contribution in [3.05, 3.63) is 40.4 Å². The molecule has 11 nitrogen and oxygen atoms in total. The van der Waals surface area contributed by atoms with E-state index < -0.39 is 11.7 Å². The van der Waals surface area contributed by atoms with Gasteiger partial charge in [0.2, 0.25) is 0 Å². The summed E-state index contributed by atoms with van der Waals surface area (Å²) in [4.78, 5) is 26.2. The monoisotopic (exact) mass is 564 g/mol. The lowest BCUT2D eigenvalue weighted by molar-refractivity contribution is 0.0429. The average molecular weight is 565 g/mol. The maximum absolute atomic E-state index is 12.9. The zero-order valence-electron chi connectivity index (χ0n) is 24.1. The Bertz CT molecular complexity index is 1590. The van der Waals surface area contributed by atoms with E-state index in [1.165, 1.54) is 11.3 Å². The quantitative estimate of drug-likeness (QED) is 0.382. The molecule has 1 saturated heterocycles. The number of rotatable bonds is 4. The van der Waals surface area contributed by atoms with Crippen molar-refractivity contribution in [1.29, 1.82) is 0 Å². The SMILES string of the molecule is COc1nc2c(s1)[C@@H](NC(=O)OC(C)(C)C)C1(CCN(c3nc(C)c(-c4cnn(C)c4C)n4nccc34)CC1)C2. The first-order valence-corrected chi connectivity index (χ1v) is 14.4. The number of piperidine rings is 1. The second kappa shape index (κ2) is 9.46. The van der Waals surface area contributed by atoms with Gasteiger partial charge in [0.25, 0.3) is 5.19 Å². The molecule has 1 amide bonds. The Morgan fingerprint density at radius 3 is 2.58 bits per heavy atom. The molecule has 6 rings (SSSR count). The molecule has 1 atom stereocenters. The predicted molar refractivity (Wildman–Crippen MR) is 153 cm³/mol. The number of hydrogen-bond donors (Lipinski definition) is 1. The minimum absolute atomic E-state index is 0.147. The number of aryl methyl sites for hydroxylation is 2. The molecule has 1 aliphatic heterocycles. The molecule has 1 spiro atoms. The highest BCUT2D eigenvalue weighted by Gasteiger charge is 2.51. The summed E-state index contributed by atoms with van der Waals surface area (Å²) >= 11 is 1.51. The zero-order chi connectivity index (χ0) is 28.4. The number of methoxy groups -OCH3 is 1. The van der Waals surface area contributed by atoms with Crippen LogP contribution in [-0.2, 0) is 18.2 Å². The number of carbonyl (C=O) groups is 1. The molecule has 4 aromatic heterocycles. The normalized spacial score (nSPS) is 18.4. The van der Waals surface area contributed by atoms with Crippen LogP contribution in [0.1, 0.15) is 61.6 Å². The third-order valence-electron chi connectivity index (χ3n) is 8.19. The number of carbonyl (C=O) groups excluding carboxylic acids is 1. The molecule has 0 radical (unpaired) electrons. The van der Waals surface area contributed by atoms with Crippen molar-refractivity contribution in [3.63, 3.8) is 0 Å². The first-order chi connectivity index (χ1) is 19.0. The summed E-state index contributed by atoms with van der Waals surface area (Å²) in [6.07, 6.45) is 5.86. The summed E-state index contributed by atoms with van der Waals surface area (Å²) in [5, 5.41) is 12.9. The summed E-state index contributed by atoms with van der Waals surface area (Å²) in [6, 6.07) is 1.85. The van der Waals surface area contributed by atoms with Gasteiger partial charge in [0.15, 0.2) is 5.82 Å². The third-order valence-corrected chi connectivity index (χ3v) is 9.31. The molecule has 1 fully saturated rings. The second-order valence-corrected chi connectivity index (χ2v) is 12.9. The van der Waals surface area contributed by atoms with E-state index in [1.807, 2.05) is 62.4 Å². The number of alkyl carbamates (subject to hydrolysis) is 1. The molecule has 1 N–H and O–H groups in total. The highest BCUT2D eigenvalue weighted by molar-refractivity contribution is 7.13. The van der Waals surface area contributed by atoms with E-state index in [4.69, 9.17) is 19.4 Å². The third kappa shape index (κ3) is 4.38. The van der Waals surface area contributed by atoms with Crippen LogP contribution in [0.3, 0.4) is 0 Å². The molecule has 12 heteroatoms. The van der Waals surface area contributed by atoms with E-state index in [0.29, 0.717) is 5.19 Å². The number of nitrogens with one attached hydrogen (secondary N) is 1. The van der Waals surface area contributed by atoms with Gasteiger partial charge in [0, 0.05) is 36.8 Å². The van der Waals surface area contributed by atoms with Gasteiger partial charge in [-0.15, -0.1) is 0 Å². The van der Waals surface area contributed by atoms with Crippen LogP contribution >= 0.6 is 11.3 Å². The van der Waals surface area contributed by atoms with Crippen molar-refractivity contribution in [1.82, 2.24) is 34.7 Å². The van der Waals surface area contributed by atoms with E-state index in [0.717, 1.165) is 76.9 Å². The molecule has 40 heavy (non-hydrogen) atoms. The highest BCUT2D eigenvalue weighted by atomic mass is 32.1.